The summed E-state index contributed by atoms with van der Waals surface area (Å²) in [4.78, 5) is 13.6. The molecule has 0 aromatic carbocycles. The maximum atomic E-state index is 11.9. The number of furan rings is 1. The Balaban J connectivity index is 2.40. The zero-order chi connectivity index (χ0) is 11.0. The molecule has 0 bridgehead atoms. The van der Waals surface area contributed by atoms with Crippen LogP contribution in [0.1, 0.15) is 20.3 Å². The monoisotopic (exact) mass is 304 g/mol. The molecule has 0 aliphatic rings. The van der Waals surface area contributed by atoms with Crippen molar-refractivity contribution in [2.24, 2.45) is 0 Å². The van der Waals surface area contributed by atoms with Gasteiger partial charge in [-0.15, -0.1) is 11.3 Å². The van der Waals surface area contributed by atoms with Crippen molar-refractivity contribution in [2.45, 2.75) is 6.92 Å². The summed E-state index contributed by atoms with van der Waals surface area (Å²) in [6, 6.07) is 5.04. The van der Waals surface area contributed by atoms with E-state index >= 15 is 0 Å². The van der Waals surface area contributed by atoms with E-state index in [4.69, 9.17) is 16.0 Å². The minimum atomic E-state index is -0.146. The summed E-state index contributed by atoms with van der Waals surface area (Å²) in [5.41, 5.74) is 0. The lowest BCUT2D eigenvalue weighted by atomic mass is 10.2. The number of halogens is 2. The van der Waals surface area contributed by atoms with Crippen LogP contribution in [0, 0.1) is 6.92 Å². The van der Waals surface area contributed by atoms with Crippen molar-refractivity contribution in [2.75, 3.05) is 0 Å². The molecule has 5 heteroatoms. The molecule has 2 aromatic rings. The van der Waals surface area contributed by atoms with Crippen LogP contribution in [0.15, 0.2) is 27.1 Å². The van der Waals surface area contributed by atoms with Crippen molar-refractivity contribution >= 4 is 44.7 Å². The smallest absolute Gasteiger partial charge is 0.239 e. The summed E-state index contributed by atoms with van der Waals surface area (Å²) in [7, 11) is 0. The summed E-state index contributed by atoms with van der Waals surface area (Å²) in [6.45, 7) is 1.95. The number of thiophene rings is 1. The maximum Gasteiger partial charge on any atom is 0.239 e. The third-order valence-electron chi connectivity index (χ3n) is 1.81. The number of carbonyl (C=O) groups is 1. The fourth-order valence-electron chi connectivity index (χ4n) is 1.19. The second-order valence-electron chi connectivity index (χ2n) is 2.97. The molecule has 0 fully saturated rings. The Morgan fingerprint density at radius 3 is 2.73 bits per heavy atom. The van der Waals surface area contributed by atoms with Gasteiger partial charge in [0.1, 0.15) is 0 Å². The minimum Gasteiger partial charge on any atom is -0.441 e. The van der Waals surface area contributed by atoms with Gasteiger partial charge in [-0.25, -0.2) is 0 Å². The standard InChI is InChI=1S/C10H6BrClO2S/c1-5-4-6(11)10(15-5)9(13)7-2-3-8(12)14-7/h2-4H,1H3. The zero-order valence-electron chi connectivity index (χ0n) is 7.71. The molecule has 15 heavy (non-hydrogen) atoms. The van der Waals surface area contributed by atoms with Crippen LogP contribution in [-0.2, 0) is 0 Å². The van der Waals surface area contributed by atoms with E-state index in [1.54, 1.807) is 12.1 Å². The first-order valence-corrected chi connectivity index (χ1v) is 6.12. The van der Waals surface area contributed by atoms with Crippen LogP contribution < -0.4 is 0 Å². The van der Waals surface area contributed by atoms with Crippen molar-refractivity contribution in [3.05, 3.63) is 43.4 Å². The molecule has 0 aliphatic heterocycles. The van der Waals surface area contributed by atoms with Gasteiger partial charge in [-0.3, -0.25) is 4.79 Å². The number of hydrogen-bond donors (Lipinski definition) is 0. The van der Waals surface area contributed by atoms with Gasteiger partial charge in [0.2, 0.25) is 5.78 Å². The van der Waals surface area contributed by atoms with E-state index in [-0.39, 0.29) is 16.8 Å². The molecule has 78 valence electrons. The first-order chi connectivity index (χ1) is 7.08. The molecule has 0 N–H and O–H groups in total. The van der Waals surface area contributed by atoms with E-state index in [0.717, 1.165) is 9.35 Å². The van der Waals surface area contributed by atoms with Crippen LogP contribution in [0.5, 0.6) is 0 Å². The summed E-state index contributed by atoms with van der Waals surface area (Å²) < 4.78 is 5.86. The Morgan fingerprint density at radius 2 is 2.27 bits per heavy atom. The lowest BCUT2D eigenvalue weighted by molar-refractivity contribution is 0.101. The van der Waals surface area contributed by atoms with Crippen molar-refractivity contribution in [1.29, 1.82) is 0 Å². The van der Waals surface area contributed by atoms with Crippen LogP contribution in [-0.4, -0.2) is 5.78 Å². The molecule has 0 radical (unpaired) electrons. The SMILES string of the molecule is Cc1cc(Br)c(C(=O)c2ccc(Cl)o2)s1. The highest BCUT2D eigenvalue weighted by Crippen LogP contribution is 2.29. The van der Waals surface area contributed by atoms with Gasteiger partial charge >= 0.3 is 0 Å². The van der Waals surface area contributed by atoms with Gasteiger partial charge in [0.25, 0.3) is 0 Å². The van der Waals surface area contributed by atoms with Crippen LogP contribution in [0.25, 0.3) is 0 Å². The van der Waals surface area contributed by atoms with Crippen LogP contribution in [0.3, 0.4) is 0 Å². The third kappa shape index (κ3) is 2.17. The summed E-state index contributed by atoms with van der Waals surface area (Å²) in [5.74, 6) is 0.120. The quantitative estimate of drug-likeness (QED) is 0.775. The van der Waals surface area contributed by atoms with Crippen molar-refractivity contribution in [3.63, 3.8) is 0 Å². The Morgan fingerprint density at radius 1 is 1.53 bits per heavy atom. The zero-order valence-corrected chi connectivity index (χ0v) is 10.9. The first kappa shape index (κ1) is 10.9. The lowest BCUT2D eigenvalue weighted by Crippen LogP contribution is -1.96. The lowest BCUT2D eigenvalue weighted by Gasteiger charge is -1.93. The minimum absolute atomic E-state index is 0.146. The number of carbonyl (C=O) groups excluding carboxylic acids is 1. The van der Waals surface area contributed by atoms with Gasteiger partial charge in [-0.1, -0.05) is 0 Å². The van der Waals surface area contributed by atoms with Gasteiger partial charge in [-0.05, 0) is 52.7 Å². The molecule has 2 heterocycles. The van der Waals surface area contributed by atoms with E-state index in [0.29, 0.717) is 4.88 Å². The molecule has 0 atom stereocenters. The molecule has 0 aliphatic carbocycles. The van der Waals surface area contributed by atoms with Crippen LogP contribution in [0.2, 0.25) is 5.22 Å². The molecule has 0 amide bonds. The summed E-state index contributed by atoms with van der Waals surface area (Å²) >= 11 is 10.4. The summed E-state index contributed by atoms with van der Waals surface area (Å²) in [5, 5.41) is 0.225. The van der Waals surface area contributed by atoms with E-state index in [2.05, 4.69) is 15.9 Å². The van der Waals surface area contributed by atoms with E-state index in [9.17, 15) is 4.79 Å². The number of aryl methyl sites for hydroxylation is 1. The number of ketones is 1. The maximum absolute atomic E-state index is 11.9. The van der Waals surface area contributed by atoms with Gasteiger partial charge < -0.3 is 4.42 Å². The van der Waals surface area contributed by atoms with Gasteiger partial charge in [-0.2, -0.15) is 0 Å². The fourth-order valence-corrected chi connectivity index (χ4v) is 3.10. The molecule has 0 spiro atoms. The predicted octanol–water partition coefficient (Wildman–Crippen LogP) is 4.30. The van der Waals surface area contributed by atoms with E-state index < -0.39 is 0 Å². The van der Waals surface area contributed by atoms with Gasteiger partial charge in [0, 0.05) is 9.35 Å². The highest BCUT2D eigenvalue weighted by molar-refractivity contribution is 9.10. The van der Waals surface area contributed by atoms with Gasteiger partial charge in [0.05, 0.1) is 4.88 Å². The predicted molar refractivity (Wildman–Crippen MR) is 63.9 cm³/mol. The normalized spacial score (nSPS) is 10.6. The Kier molecular flexibility index (Phi) is 3.00. The molecule has 0 saturated heterocycles. The van der Waals surface area contributed by atoms with Crippen molar-refractivity contribution in [1.82, 2.24) is 0 Å². The molecule has 2 aromatic heterocycles. The van der Waals surface area contributed by atoms with E-state index in [1.165, 1.54) is 11.3 Å². The van der Waals surface area contributed by atoms with Gasteiger partial charge in [0.15, 0.2) is 11.0 Å². The van der Waals surface area contributed by atoms with Crippen LogP contribution >= 0.6 is 38.9 Å². The first-order valence-electron chi connectivity index (χ1n) is 4.14. The Bertz CT molecular complexity index is 515. The Hall–Kier alpha value is -0.580. The fraction of sp³-hybridized carbons (Fsp3) is 0.100. The molecular weight excluding hydrogens is 300 g/mol. The average Bonchev–Trinajstić information content (AvgIpc) is 2.71. The largest absolute Gasteiger partial charge is 0.441 e. The highest BCUT2D eigenvalue weighted by atomic mass is 79.9. The molecule has 0 unspecified atom stereocenters. The number of hydrogen-bond acceptors (Lipinski definition) is 3. The van der Waals surface area contributed by atoms with Crippen molar-refractivity contribution in [3.8, 4) is 0 Å². The second kappa shape index (κ2) is 4.12. The van der Waals surface area contributed by atoms with Crippen molar-refractivity contribution < 1.29 is 9.21 Å². The Labute approximate surface area is 104 Å². The highest BCUT2D eigenvalue weighted by Gasteiger charge is 2.18. The molecule has 2 rings (SSSR count). The number of rotatable bonds is 2. The summed E-state index contributed by atoms with van der Waals surface area (Å²) in [6.07, 6.45) is 0. The topological polar surface area (TPSA) is 30.2 Å². The average molecular weight is 306 g/mol. The third-order valence-corrected chi connectivity index (χ3v) is 3.95. The molecule has 2 nitrogen and oxygen atoms in total. The van der Waals surface area contributed by atoms with Crippen LogP contribution in [0.4, 0.5) is 0 Å². The second-order valence-corrected chi connectivity index (χ2v) is 5.45. The van der Waals surface area contributed by atoms with E-state index in [1.807, 2.05) is 13.0 Å². The molecular formula is C10H6BrClO2S. The molecule has 0 saturated carbocycles.